The Morgan fingerprint density at radius 2 is 2.00 bits per heavy atom. The van der Waals surface area contributed by atoms with Gasteiger partial charge in [0.15, 0.2) is 5.75 Å². The SMILES string of the molecule is CC(=O)Oc1cc(NC(=O)CBr)ccc1NS(C)(=O)=O. The summed E-state index contributed by atoms with van der Waals surface area (Å²) in [5.41, 5.74) is 0.490. The first-order chi connectivity index (χ1) is 9.21. The van der Waals surface area contributed by atoms with Crippen LogP contribution in [0.2, 0.25) is 0 Å². The highest BCUT2D eigenvalue weighted by Gasteiger charge is 2.12. The number of alkyl halides is 1. The largest absolute Gasteiger partial charge is 0.424 e. The van der Waals surface area contributed by atoms with E-state index in [9.17, 15) is 18.0 Å². The van der Waals surface area contributed by atoms with Gasteiger partial charge in [0.25, 0.3) is 0 Å². The van der Waals surface area contributed by atoms with Gasteiger partial charge in [0.05, 0.1) is 17.3 Å². The van der Waals surface area contributed by atoms with Gasteiger partial charge in [0, 0.05) is 18.7 Å². The van der Waals surface area contributed by atoms with Gasteiger partial charge in [-0.2, -0.15) is 0 Å². The van der Waals surface area contributed by atoms with E-state index in [1.54, 1.807) is 0 Å². The number of benzene rings is 1. The van der Waals surface area contributed by atoms with Gasteiger partial charge in [-0.3, -0.25) is 14.3 Å². The van der Waals surface area contributed by atoms with Crippen molar-refractivity contribution in [2.45, 2.75) is 6.92 Å². The van der Waals surface area contributed by atoms with Gasteiger partial charge >= 0.3 is 5.97 Å². The number of ether oxygens (including phenoxy) is 1. The zero-order valence-electron chi connectivity index (χ0n) is 10.8. The molecule has 0 bridgehead atoms. The van der Waals surface area contributed by atoms with E-state index in [4.69, 9.17) is 4.74 Å². The van der Waals surface area contributed by atoms with Crippen molar-refractivity contribution in [1.82, 2.24) is 0 Å². The lowest BCUT2D eigenvalue weighted by atomic mass is 10.2. The van der Waals surface area contributed by atoms with E-state index in [-0.39, 0.29) is 22.7 Å². The maximum absolute atomic E-state index is 11.3. The summed E-state index contributed by atoms with van der Waals surface area (Å²) in [6.07, 6.45) is 0.977. The predicted octanol–water partition coefficient (Wildman–Crippen LogP) is 1.32. The quantitative estimate of drug-likeness (QED) is 0.466. The second-order valence-corrected chi connectivity index (χ2v) is 6.17. The van der Waals surface area contributed by atoms with Crippen LogP contribution in [0, 0.1) is 0 Å². The monoisotopic (exact) mass is 364 g/mol. The molecule has 1 aromatic rings. The van der Waals surface area contributed by atoms with Gasteiger partial charge < -0.3 is 10.1 Å². The van der Waals surface area contributed by atoms with E-state index in [0.717, 1.165) is 6.26 Å². The Kier molecular flexibility index (Phi) is 5.52. The number of rotatable bonds is 5. The Morgan fingerprint density at radius 1 is 1.35 bits per heavy atom. The molecule has 0 atom stereocenters. The summed E-state index contributed by atoms with van der Waals surface area (Å²) in [6, 6.07) is 4.24. The molecule has 0 aliphatic carbocycles. The third-order valence-corrected chi connectivity index (χ3v) is 3.04. The molecule has 9 heteroatoms. The van der Waals surface area contributed by atoms with Crippen molar-refractivity contribution in [3.05, 3.63) is 18.2 Å². The molecule has 0 radical (unpaired) electrons. The molecule has 20 heavy (non-hydrogen) atoms. The molecule has 110 valence electrons. The van der Waals surface area contributed by atoms with Crippen molar-refractivity contribution in [3.8, 4) is 5.75 Å². The summed E-state index contributed by atoms with van der Waals surface area (Å²) in [4.78, 5) is 22.3. The zero-order valence-corrected chi connectivity index (χ0v) is 13.2. The Bertz CT molecular complexity index is 630. The third kappa shape index (κ3) is 5.57. The van der Waals surface area contributed by atoms with Crippen molar-refractivity contribution in [1.29, 1.82) is 0 Å². The summed E-state index contributed by atoms with van der Waals surface area (Å²) < 4.78 is 29.6. The van der Waals surface area contributed by atoms with E-state index in [0.29, 0.717) is 5.69 Å². The van der Waals surface area contributed by atoms with Crippen molar-refractivity contribution >= 4 is 49.2 Å². The van der Waals surface area contributed by atoms with Crippen LogP contribution < -0.4 is 14.8 Å². The number of esters is 1. The highest BCUT2D eigenvalue weighted by molar-refractivity contribution is 9.09. The number of carbonyl (C=O) groups is 2. The molecule has 0 saturated heterocycles. The van der Waals surface area contributed by atoms with Gasteiger partial charge in [0.2, 0.25) is 15.9 Å². The second kappa shape index (κ2) is 6.71. The van der Waals surface area contributed by atoms with Crippen molar-refractivity contribution in [2.24, 2.45) is 0 Å². The van der Waals surface area contributed by atoms with Crippen LogP contribution >= 0.6 is 15.9 Å². The number of amides is 1. The Labute approximate surface area is 124 Å². The van der Waals surface area contributed by atoms with Crippen LogP contribution in [0.3, 0.4) is 0 Å². The molecule has 7 nitrogen and oxygen atoms in total. The van der Waals surface area contributed by atoms with E-state index in [2.05, 4.69) is 26.0 Å². The van der Waals surface area contributed by atoms with Crippen molar-refractivity contribution < 1.29 is 22.7 Å². The maximum Gasteiger partial charge on any atom is 0.308 e. The first kappa shape index (κ1) is 16.4. The summed E-state index contributed by atoms with van der Waals surface area (Å²) >= 11 is 3.00. The smallest absolute Gasteiger partial charge is 0.308 e. The minimum Gasteiger partial charge on any atom is -0.424 e. The molecule has 0 aliphatic heterocycles. The standard InChI is InChI=1S/C11H13BrN2O5S/c1-7(15)19-10-5-8(13-11(16)6-12)3-4-9(10)14-20(2,17)18/h3-5,14H,6H2,1-2H3,(H,13,16). The second-order valence-electron chi connectivity index (χ2n) is 3.86. The topological polar surface area (TPSA) is 102 Å². The number of sulfonamides is 1. The minimum atomic E-state index is -3.51. The fourth-order valence-corrected chi connectivity index (χ4v) is 2.03. The average Bonchev–Trinajstić information content (AvgIpc) is 2.30. The molecule has 0 heterocycles. The molecular weight excluding hydrogens is 352 g/mol. The molecular formula is C11H13BrN2O5S. The first-order valence-electron chi connectivity index (χ1n) is 5.37. The van der Waals surface area contributed by atoms with Crippen molar-refractivity contribution in [3.63, 3.8) is 0 Å². The highest BCUT2D eigenvalue weighted by Crippen LogP contribution is 2.29. The number of nitrogens with one attached hydrogen (secondary N) is 2. The van der Waals surface area contributed by atoms with Crippen LogP contribution in [0.5, 0.6) is 5.75 Å². The summed E-state index contributed by atoms with van der Waals surface area (Å²) in [6.45, 7) is 1.19. The first-order valence-corrected chi connectivity index (χ1v) is 8.38. The number of hydrogen-bond acceptors (Lipinski definition) is 5. The molecule has 0 spiro atoms. The average molecular weight is 365 g/mol. The maximum atomic E-state index is 11.3. The lowest BCUT2D eigenvalue weighted by Crippen LogP contribution is -2.14. The Hall–Kier alpha value is -1.61. The van der Waals surface area contributed by atoms with Crippen LogP contribution in [0.15, 0.2) is 18.2 Å². The molecule has 1 amide bonds. The number of halogens is 1. The van der Waals surface area contributed by atoms with Crippen LogP contribution in [-0.4, -0.2) is 31.9 Å². The van der Waals surface area contributed by atoms with Gasteiger partial charge in [-0.05, 0) is 12.1 Å². The predicted molar refractivity (Wildman–Crippen MR) is 78.6 cm³/mol. The zero-order chi connectivity index (χ0) is 15.3. The summed E-state index contributed by atoms with van der Waals surface area (Å²) in [5, 5.41) is 2.65. The van der Waals surface area contributed by atoms with E-state index >= 15 is 0 Å². The summed E-state index contributed by atoms with van der Waals surface area (Å²) in [5.74, 6) is -0.886. The molecule has 0 aliphatic rings. The fraction of sp³-hybridized carbons (Fsp3) is 0.273. The Morgan fingerprint density at radius 3 is 2.50 bits per heavy atom. The lowest BCUT2D eigenvalue weighted by Gasteiger charge is -2.12. The lowest BCUT2D eigenvalue weighted by molar-refractivity contribution is -0.131. The van der Waals surface area contributed by atoms with E-state index in [1.165, 1.54) is 25.1 Å². The van der Waals surface area contributed by atoms with Gasteiger partial charge in [-0.15, -0.1) is 0 Å². The number of carbonyl (C=O) groups excluding carboxylic acids is 2. The van der Waals surface area contributed by atoms with Gasteiger partial charge in [0.1, 0.15) is 0 Å². The van der Waals surface area contributed by atoms with Crippen LogP contribution in [-0.2, 0) is 19.6 Å². The Balaban J connectivity index is 3.12. The molecule has 0 saturated carbocycles. The normalized spacial score (nSPS) is 10.8. The molecule has 0 fully saturated rings. The van der Waals surface area contributed by atoms with Crippen molar-refractivity contribution in [2.75, 3.05) is 21.6 Å². The van der Waals surface area contributed by atoms with Crippen LogP contribution in [0.4, 0.5) is 11.4 Å². The number of anilines is 2. The molecule has 2 N–H and O–H groups in total. The van der Waals surface area contributed by atoms with Crippen LogP contribution in [0.25, 0.3) is 0 Å². The third-order valence-electron chi connectivity index (χ3n) is 1.94. The summed E-state index contributed by atoms with van der Waals surface area (Å²) in [7, 11) is -3.51. The molecule has 1 aromatic carbocycles. The highest BCUT2D eigenvalue weighted by atomic mass is 79.9. The fourth-order valence-electron chi connectivity index (χ4n) is 1.32. The minimum absolute atomic E-state index is 0.00953. The van der Waals surface area contributed by atoms with Gasteiger partial charge in [-0.25, -0.2) is 8.42 Å². The molecule has 0 aromatic heterocycles. The molecule has 0 unspecified atom stereocenters. The number of hydrogen-bond donors (Lipinski definition) is 2. The van der Waals surface area contributed by atoms with E-state index in [1.807, 2.05) is 0 Å². The molecule has 1 rings (SSSR count). The van der Waals surface area contributed by atoms with Gasteiger partial charge in [-0.1, -0.05) is 15.9 Å². The van der Waals surface area contributed by atoms with E-state index < -0.39 is 16.0 Å². The van der Waals surface area contributed by atoms with Crippen LogP contribution in [0.1, 0.15) is 6.92 Å².